The highest BCUT2D eigenvalue weighted by Gasteiger charge is 2.13. The molecule has 0 atom stereocenters. The van der Waals surface area contributed by atoms with E-state index in [1.807, 2.05) is 61.7 Å². The maximum Gasteiger partial charge on any atom is 0.271 e. The predicted molar refractivity (Wildman–Crippen MR) is 128 cm³/mol. The van der Waals surface area contributed by atoms with Crippen molar-refractivity contribution in [3.05, 3.63) is 95.7 Å². The second-order valence-electron chi connectivity index (χ2n) is 7.35. The second-order valence-corrected chi connectivity index (χ2v) is 7.35. The highest BCUT2D eigenvalue weighted by Crippen LogP contribution is 2.27. The van der Waals surface area contributed by atoms with Crippen molar-refractivity contribution in [2.45, 2.75) is 6.92 Å². The van der Waals surface area contributed by atoms with Crippen molar-refractivity contribution in [1.82, 2.24) is 15.2 Å². The lowest BCUT2D eigenvalue weighted by Crippen LogP contribution is -2.17. The number of ether oxygens (including phenoxy) is 2. The smallest absolute Gasteiger partial charge is 0.271 e. The Hall–Kier alpha value is -4.39. The Morgan fingerprint density at radius 2 is 1.76 bits per heavy atom. The fourth-order valence-electron chi connectivity index (χ4n) is 3.41. The molecule has 0 unspecified atom stereocenters. The molecule has 0 aliphatic carbocycles. The number of carbonyl (C=O) groups excluding carboxylic acids is 1. The fraction of sp³-hybridized carbons (Fsp3) is 0.115. The van der Waals surface area contributed by atoms with Gasteiger partial charge in [0.1, 0.15) is 5.69 Å². The van der Waals surface area contributed by atoms with Crippen molar-refractivity contribution in [3.63, 3.8) is 0 Å². The Morgan fingerprint density at radius 1 is 0.970 bits per heavy atom. The van der Waals surface area contributed by atoms with Crippen molar-refractivity contribution in [2.24, 2.45) is 5.10 Å². The molecule has 166 valence electrons. The number of carbonyl (C=O) groups is 1. The highest BCUT2D eigenvalue weighted by atomic mass is 16.5. The van der Waals surface area contributed by atoms with Crippen LogP contribution in [-0.2, 0) is 0 Å². The van der Waals surface area contributed by atoms with E-state index in [1.54, 1.807) is 36.2 Å². The summed E-state index contributed by atoms with van der Waals surface area (Å²) in [4.78, 5) is 12.6. The van der Waals surface area contributed by atoms with Gasteiger partial charge in [0, 0.05) is 22.9 Å². The number of benzene rings is 3. The van der Waals surface area contributed by atoms with Crippen LogP contribution < -0.4 is 14.9 Å². The van der Waals surface area contributed by atoms with Crippen molar-refractivity contribution in [2.75, 3.05) is 14.2 Å². The fourth-order valence-corrected chi connectivity index (χ4v) is 3.41. The van der Waals surface area contributed by atoms with Crippen LogP contribution in [0.15, 0.2) is 84.1 Å². The van der Waals surface area contributed by atoms with Gasteiger partial charge in [0.15, 0.2) is 11.5 Å². The van der Waals surface area contributed by atoms with Crippen LogP contribution in [0.25, 0.3) is 16.9 Å². The summed E-state index contributed by atoms with van der Waals surface area (Å²) in [6.45, 7) is 2.04. The lowest BCUT2D eigenvalue weighted by molar-refractivity contribution is 0.0954. The van der Waals surface area contributed by atoms with Crippen molar-refractivity contribution in [1.29, 1.82) is 0 Å². The molecule has 7 heteroatoms. The maximum absolute atomic E-state index is 12.6. The van der Waals surface area contributed by atoms with Crippen LogP contribution in [-0.4, -0.2) is 36.1 Å². The summed E-state index contributed by atoms with van der Waals surface area (Å²) >= 11 is 0. The third-order valence-corrected chi connectivity index (χ3v) is 5.07. The molecule has 0 aliphatic heterocycles. The minimum Gasteiger partial charge on any atom is -0.493 e. The van der Waals surface area contributed by atoms with Crippen LogP contribution in [0.4, 0.5) is 0 Å². The number of nitrogens with one attached hydrogen (secondary N) is 1. The second kappa shape index (κ2) is 9.82. The standard InChI is InChI=1S/C26H24N4O3/c1-18-8-7-9-19(14-18)25-21(17-30(29-25)22-10-5-4-6-11-22)16-27-28-26(31)20-12-13-23(32-2)24(15-20)33-3/h4-17H,1-3H3,(H,28,31)/b27-16+. The summed E-state index contributed by atoms with van der Waals surface area (Å²) in [5.74, 6) is 0.661. The molecule has 0 bridgehead atoms. The molecular weight excluding hydrogens is 416 g/mol. The van der Waals surface area contributed by atoms with Gasteiger partial charge >= 0.3 is 0 Å². The summed E-state index contributed by atoms with van der Waals surface area (Å²) in [7, 11) is 3.07. The average Bonchev–Trinajstić information content (AvgIpc) is 3.28. The van der Waals surface area contributed by atoms with Gasteiger partial charge in [-0.05, 0) is 43.3 Å². The van der Waals surface area contributed by atoms with Crippen LogP contribution in [0.2, 0.25) is 0 Å². The van der Waals surface area contributed by atoms with E-state index >= 15 is 0 Å². The molecule has 1 amide bonds. The van der Waals surface area contributed by atoms with Gasteiger partial charge in [-0.25, -0.2) is 10.1 Å². The van der Waals surface area contributed by atoms with Gasteiger partial charge in [-0.1, -0.05) is 42.0 Å². The monoisotopic (exact) mass is 440 g/mol. The Bertz CT molecular complexity index is 1300. The first-order valence-electron chi connectivity index (χ1n) is 10.4. The van der Waals surface area contributed by atoms with Crippen molar-refractivity contribution >= 4 is 12.1 Å². The molecule has 0 fully saturated rings. The van der Waals surface area contributed by atoms with E-state index in [0.29, 0.717) is 17.1 Å². The van der Waals surface area contributed by atoms with Gasteiger partial charge in [-0.15, -0.1) is 0 Å². The van der Waals surface area contributed by atoms with E-state index in [0.717, 1.165) is 28.1 Å². The van der Waals surface area contributed by atoms with Gasteiger partial charge in [0.25, 0.3) is 5.91 Å². The van der Waals surface area contributed by atoms with Gasteiger partial charge in [0.2, 0.25) is 0 Å². The number of nitrogens with zero attached hydrogens (tertiary/aromatic N) is 3. The van der Waals surface area contributed by atoms with Gasteiger partial charge in [-0.3, -0.25) is 4.79 Å². The molecule has 0 saturated carbocycles. The number of aryl methyl sites for hydroxylation is 1. The number of rotatable bonds is 7. The molecule has 3 aromatic carbocycles. The van der Waals surface area contributed by atoms with Crippen LogP contribution >= 0.6 is 0 Å². The molecule has 7 nitrogen and oxygen atoms in total. The minimum absolute atomic E-state index is 0.361. The third-order valence-electron chi connectivity index (χ3n) is 5.07. The number of para-hydroxylation sites is 1. The zero-order valence-corrected chi connectivity index (χ0v) is 18.6. The van der Waals surface area contributed by atoms with Crippen molar-refractivity contribution < 1.29 is 14.3 Å². The van der Waals surface area contributed by atoms with Crippen molar-refractivity contribution in [3.8, 4) is 28.4 Å². The number of hydrogen-bond donors (Lipinski definition) is 1. The largest absolute Gasteiger partial charge is 0.493 e. The minimum atomic E-state index is -0.361. The molecule has 1 N–H and O–H groups in total. The first-order chi connectivity index (χ1) is 16.1. The molecule has 33 heavy (non-hydrogen) atoms. The van der Waals surface area contributed by atoms with Crippen LogP contribution in [0, 0.1) is 6.92 Å². The topological polar surface area (TPSA) is 77.7 Å². The Labute approximate surface area is 192 Å². The quantitative estimate of drug-likeness (QED) is 0.336. The molecule has 4 aromatic rings. The SMILES string of the molecule is COc1ccc(C(=O)N/N=C/c2cn(-c3ccccc3)nc2-c2cccc(C)c2)cc1OC. The molecular formula is C26H24N4O3. The Balaban J connectivity index is 1.61. The molecule has 4 rings (SSSR count). The third kappa shape index (κ3) is 4.93. The maximum atomic E-state index is 12.6. The normalized spacial score (nSPS) is 10.9. The van der Waals surface area contributed by atoms with E-state index < -0.39 is 0 Å². The molecule has 0 saturated heterocycles. The summed E-state index contributed by atoms with van der Waals surface area (Å²) in [6.07, 6.45) is 3.49. The zero-order valence-electron chi connectivity index (χ0n) is 18.6. The van der Waals surface area contributed by atoms with E-state index in [-0.39, 0.29) is 5.91 Å². The lowest BCUT2D eigenvalue weighted by Gasteiger charge is -2.08. The first-order valence-corrected chi connectivity index (χ1v) is 10.4. The van der Waals surface area contributed by atoms with Gasteiger partial charge in [0.05, 0.1) is 26.1 Å². The number of hydrogen-bond acceptors (Lipinski definition) is 5. The van der Waals surface area contributed by atoms with Crippen LogP contribution in [0.5, 0.6) is 11.5 Å². The van der Waals surface area contributed by atoms with E-state index in [9.17, 15) is 4.79 Å². The highest BCUT2D eigenvalue weighted by molar-refractivity contribution is 5.96. The predicted octanol–water partition coefficient (Wildman–Crippen LogP) is 4.63. The van der Waals surface area contributed by atoms with Gasteiger partial charge in [-0.2, -0.15) is 10.2 Å². The average molecular weight is 441 g/mol. The summed E-state index contributed by atoms with van der Waals surface area (Å²) in [5, 5.41) is 8.95. The molecule has 0 spiro atoms. The van der Waals surface area contributed by atoms with E-state index in [4.69, 9.17) is 14.6 Å². The molecule has 1 aromatic heterocycles. The Morgan fingerprint density at radius 3 is 2.48 bits per heavy atom. The number of methoxy groups -OCH3 is 2. The number of hydrazone groups is 1. The van der Waals surface area contributed by atoms with Gasteiger partial charge < -0.3 is 9.47 Å². The Kier molecular flexibility index (Phi) is 6.50. The number of aromatic nitrogens is 2. The lowest BCUT2D eigenvalue weighted by atomic mass is 10.1. The van der Waals surface area contributed by atoms with E-state index in [2.05, 4.69) is 16.6 Å². The molecule has 1 heterocycles. The zero-order chi connectivity index (χ0) is 23.2. The summed E-state index contributed by atoms with van der Waals surface area (Å²) < 4.78 is 12.3. The molecule has 0 aliphatic rings. The first kappa shape index (κ1) is 21.8. The van der Waals surface area contributed by atoms with E-state index in [1.165, 1.54) is 7.11 Å². The summed E-state index contributed by atoms with van der Waals surface area (Å²) in [5.41, 5.74) is 7.56. The van der Waals surface area contributed by atoms with Crippen LogP contribution in [0.3, 0.4) is 0 Å². The van der Waals surface area contributed by atoms with Crippen LogP contribution in [0.1, 0.15) is 21.5 Å². The summed E-state index contributed by atoms with van der Waals surface area (Å²) in [6, 6.07) is 22.9. The molecule has 0 radical (unpaired) electrons. The number of amides is 1.